The van der Waals surface area contributed by atoms with E-state index in [2.05, 4.69) is 10.2 Å². The molecule has 132 valence electrons. The van der Waals surface area contributed by atoms with Crippen LogP contribution < -0.4 is 5.32 Å². The largest absolute Gasteiger partial charge is 0.379 e. The zero-order valence-electron chi connectivity index (χ0n) is 13.4. The Kier molecular flexibility index (Phi) is 6.20. The number of ether oxygens (including phenoxy) is 1. The van der Waals surface area contributed by atoms with Crippen molar-refractivity contribution in [3.8, 4) is 0 Å². The minimum Gasteiger partial charge on any atom is -0.379 e. The highest BCUT2D eigenvalue weighted by molar-refractivity contribution is 6.44. The molecule has 1 N–H and O–H groups in total. The molecule has 0 radical (unpaired) electrons. The SMILES string of the molecule is O=C(Nc1cc(Cl)c(Cl)cc1Cl)c1cccc(CN2CCOCC2)c1. The van der Waals surface area contributed by atoms with Crippen LogP contribution in [-0.2, 0) is 11.3 Å². The van der Waals surface area contributed by atoms with Crippen molar-refractivity contribution in [1.29, 1.82) is 0 Å². The molecule has 0 aromatic heterocycles. The monoisotopic (exact) mass is 398 g/mol. The highest BCUT2D eigenvalue weighted by Crippen LogP contribution is 2.32. The van der Waals surface area contributed by atoms with Crippen LogP contribution >= 0.6 is 34.8 Å². The summed E-state index contributed by atoms with van der Waals surface area (Å²) in [6.07, 6.45) is 0. The molecule has 4 nitrogen and oxygen atoms in total. The second-order valence-corrected chi connectivity index (χ2v) is 7.01. The van der Waals surface area contributed by atoms with Crippen LogP contribution in [0, 0.1) is 0 Å². The lowest BCUT2D eigenvalue weighted by atomic mass is 10.1. The van der Waals surface area contributed by atoms with Gasteiger partial charge < -0.3 is 10.1 Å². The lowest BCUT2D eigenvalue weighted by Gasteiger charge is -2.26. The molecule has 1 fully saturated rings. The number of benzene rings is 2. The highest BCUT2D eigenvalue weighted by atomic mass is 35.5. The zero-order chi connectivity index (χ0) is 17.8. The summed E-state index contributed by atoms with van der Waals surface area (Å²) in [5.41, 5.74) is 2.07. The van der Waals surface area contributed by atoms with Gasteiger partial charge in [0.15, 0.2) is 0 Å². The maximum Gasteiger partial charge on any atom is 0.255 e. The Bertz CT molecular complexity index is 777. The molecule has 2 aromatic rings. The molecule has 3 rings (SSSR count). The Morgan fingerprint density at radius 1 is 1.04 bits per heavy atom. The van der Waals surface area contributed by atoms with Crippen molar-refractivity contribution >= 4 is 46.4 Å². The van der Waals surface area contributed by atoms with Crippen molar-refractivity contribution in [3.63, 3.8) is 0 Å². The van der Waals surface area contributed by atoms with E-state index in [0.29, 0.717) is 26.3 Å². The smallest absolute Gasteiger partial charge is 0.255 e. The van der Waals surface area contributed by atoms with Crippen molar-refractivity contribution in [2.45, 2.75) is 6.54 Å². The fraction of sp³-hybridized carbons (Fsp3) is 0.278. The predicted molar refractivity (Wildman–Crippen MR) is 102 cm³/mol. The number of amides is 1. The summed E-state index contributed by atoms with van der Waals surface area (Å²) in [7, 11) is 0. The normalized spacial score (nSPS) is 15.2. The summed E-state index contributed by atoms with van der Waals surface area (Å²) in [5, 5.41) is 3.80. The quantitative estimate of drug-likeness (QED) is 0.756. The van der Waals surface area contributed by atoms with E-state index in [4.69, 9.17) is 39.5 Å². The molecule has 0 saturated carbocycles. The fourth-order valence-corrected chi connectivity index (χ4v) is 3.24. The van der Waals surface area contributed by atoms with Gasteiger partial charge in [-0.05, 0) is 29.8 Å². The lowest BCUT2D eigenvalue weighted by molar-refractivity contribution is 0.0342. The van der Waals surface area contributed by atoms with E-state index in [1.807, 2.05) is 18.2 Å². The average molecular weight is 400 g/mol. The summed E-state index contributed by atoms with van der Waals surface area (Å²) in [4.78, 5) is 14.8. The van der Waals surface area contributed by atoms with E-state index in [-0.39, 0.29) is 5.91 Å². The first-order valence-electron chi connectivity index (χ1n) is 7.88. The molecule has 25 heavy (non-hydrogen) atoms. The van der Waals surface area contributed by atoms with Gasteiger partial charge in [-0.25, -0.2) is 0 Å². The van der Waals surface area contributed by atoms with Crippen LogP contribution in [0.3, 0.4) is 0 Å². The van der Waals surface area contributed by atoms with Gasteiger partial charge >= 0.3 is 0 Å². The van der Waals surface area contributed by atoms with E-state index in [9.17, 15) is 4.79 Å². The van der Waals surface area contributed by atoms with Crippen molar-refractivity contribution < 1.29 is 9.53 Å². The number of carbonyl (C=O) groups is 1. The van der Waals surface area contributed by atoms with Gasteiger partial charge in [-0.1, -0.05) is 46.9 Å². The van der Waals surface area contributed by atoms with Crippen molar-refractivity contribution in [2.75, 3.05) is 31.6 Å². The molecule has 0 atom stereocenters. The first kappa shape index (κ1) is 18.5. The molecule has 1 heterocycles. The molecule has 0 aliphatic carbocycles. The van der Waals surface area contributed by atoms with Gasteiger partial charge in [0.1, 0.15) is 0 Å². The number of anilines is 1. The van der Waals surface area contributed by atoms with Gasteiger partial charge in [0.25, 0.3) is 5.91 Å². The fourth-order valence-electron chi connectivity index (χ4n) is 2.64. The molecule has 0 unspecified atom stereocenters. The Morgan fingerprint density at radius 2 is 1.76 bits per heavy atom. The van der Waals surface area contributed by atoms with Crippen LogP contribution in [-0.4, -0.2) is 37.1 Å². The molecule has 1 saturated heterocycles. The third kappa shape index (κ3) is 4.87. The van der Waals surface area contributed by atoms with Gasteiger partial charge in [0.2, 0.25) is 0 Å². The third-order valence-electron chi connectivity index (χ3n) is 3.96. The van der Waals surface area contributed by atoms with Crippen molar-refractivity contribution in [1.82, 2.24) is 4.90 Å². The molecule has 0 spiro atoms. The van der Waals surface area contributed by atoms with Crippen molar-refractivity contribution in [2.24, 2.45) is 0 Å². The second-order valence-electron chi connectivity index (χ2n) is 5.79. The van der Waals surface area contributed by atoms with Gasteiger partial charge in [-0.2, -0.15) is 0 Å². The molecule has 7 heteroatoms. The number of hydrogen-bond donors (Lipinski definition) is 1. The van der Waals surface area contributed by atoms with E-state index < -0.39 is 0 Å². The number of halogens is 3. The van der Waals surface area contributed by atoms with Crippen LogP contribution in [0.15, 0.2) is 36.4 Å². The van der Waals surface area contributed by atoms with Gasteiger partial charge in [0.05, 0.1) is 34.0 Å². The minimum absolute atomic E-state index is 0.246. The molecule has 1 aliphatic rings. The van der Waals surface area contributed by atoms with Gasteiger partial charge in [-0.3, -0.25) is 9.69 Å². The lowest BCUT2D eigenvalue weighted by Crippen LogP contribution is -2.35. The number of hydrogen-bond acceptors (Lipinski definition) is 3. The van der Waals surface area contributed by atoms with Crippen molar-refractivity contribution in [3.05, 3.63) is 62.6 Å². The van der Waals surface area contributed by atoms with E-state index in [1.54, 1.807) is 12.1 Å². The van der Waals surface area contributed by atoms with Crippen LogP contribution in [0.2, 0.25) is 15.1 Å². The minimum atomic E-state index is -0.246. The summed E-state index contributed by atoms with van der Waals surface area (Å²) in [6.45, 7) is 4.08. The van der Waals surface area contributed by atoms with Crippen LogP contribution in [0.1, 0.15) is 15.9 Å². The van der Waals surface area contributed by atoms with Crippen LogP contribution in [0.4, 0.5) is 5.69 Å². The Hall–Kier alpha value is -1.30. The summed E-state index contributed by atoms with van der Waals surface area (Å²) in [6, 6.07) is 10.6. The summed E-state index contributed by atoms with van der Waals surface area (Å²) >= 11 is 18.0. The molecular formula is C18H17Cl3N2O2. The Morgan fingerprint density at radius 3 is 2.52 bits per heavy atom. The molecular weight excluding hydrogens is 383 g/mol. The maximum absolute atomic E-state index is 12.5. The Labute approximate surface area is 161 Å². The first-order valence-corrected chi connectivity index (χ1v) is 9.01. The second kappa shape index (κ2) is 8.39. The number of carbonyl (C=O) groups excluding carboxylic acids is 1. The van der Waals surface area contributed by atoms with E-state index in [1.165, 1.54) is 6.07 Å². The predicted octanol–water partition coefficient (Wildman–Crippen LogP) is 4.73. The molecule has 1 aliphatic heterocycles. The van der Waals surface area contributed by atoms with Gasteiger partial charge in [-0.15, -0.1) is 0 Å². The summed E-state index contributed by atoms with van der Waals surface area (Å²) < 4.78 is 5.36. The van der Waals surface area contributed by atoms with Crippen LogP contribution in [0.25, 0.3) is 0 Å². The zero-order valence-corrected chi connectivity index (χ0v) is 15.7. The first-order chi connectivity index (χ1) is 12.0. The van der Waals surface area contributed by atoms with E-state index >= 15 is 0 Å². The van der Waals surface area contributed by atoms with E-state index in [0.717, 1.165) is 38.4 Å². The highest BCUT2D eigenvalue weighted by Gasteiger charge is 2.14. The third-order valence-corrected chi connectivity index (χ3v) is 4.99. The number of morpholine rings is 1. The molecule has 1 amide bonds. The maximum atomic E-state index is 12.5. The topological polar surface area (TPSA) is 41.6 Å². The summed E-state index contributed by atoms with van der Waals surface area (Å²) in [5.74, 6) is -0.246. The number of nitrogens with one attached hydrogen (secondary N) is 1. The molecule has 2 aromatic carbocycles. The average Bonchev–Trinajstić information content (AvgIpc) is 2.61. The number of nitrogens with zero attached hydrogens (tertiary/aromatic N) is 1. The van der Waals surface area contributed by atoms with Crippen LogP contribution in [0.5, 0.6) is 0 Å². The Balaban J connectivity index is 1.72. The van der Waals surface area contributed by atoms with Gasteiger partial charge in [0, 0.05) is 25.2 Å². The number of rotatable bonds is 4. The molecule has 0 bridgehead atoms. The standard InChI is InChI=1S/C18H17Cl3N2O2/c19-14-9-16(21)17(10-15(14)20)22-18(24)13-3-1-2-12(8-13)11-23-4-6-25-7-5-23/h1-3,8-10H,4-7,11H2,(H,22,24).